The zero-order chi connectivity index (χ0) is 16.4. The van der Waals surface area contributed by atoms with Crippen molar-refractivity contribution in [2.24, 2.45) is 5.92 Å². The predicted octanol–water partition coefficient (Wildman–Crippen LogP) is 3.74. The number of ketones is 1. The summed E-state index contributed by atoms with van der Waals surface area (Å²) in [7, 11) is 0. The number of nitrogen functional groups attached to an aromatic ring is 1. The second-order valence-electron chi connectivity index (χ2n) is 5.39. The lowest BCUT2D eigenvalue weighted by molar-refractivity contribution is -0.135. The Morgan fingerprint density at radius 1 is 1.17 bits per heavy atom. The summed E-state index contributed by atoms with van der Waals surface area (Å²) in [4.78, 5) is 23.1. The molecule has 1 aliphatic rings. The maximum absolute atomic E-state index is 12.1. The van der Waals surface area contributed by atoms with E-state index in [9.17, 15) is 9.59 Å². The van der Waals surface area contributed by atoms with E-state index >= 15 is 0 Å². The smallest absolute Gasteiger partial charge is 0.228 e. The Morgan fingerprint density at radius 3 is 2.52 bits per heavy atom. The molecule has 0 saturated heterocycles. The van der Waals surface area contributed by atoms with E-state index in [4.69, 9.17) is 10.5 Å². The van der Waals surface area contributed by atoms with Crippen LogP contribution in [0.4, 0.5) is 11.4 Å². The van der Waals surface area contributed by atoms with Gasteiger partial charge in [-0.25, -0.2) is 0 Å². The Hall–Kier alpha value is -2.34. The van der Waals surface area contributed by atoms with Gasteiger partial charge in [-0.1, -0.05) is 18.2 Å². The van der Waals surface area contributed by atoms with Crippen molar-refractivity contribution in [2.75, 3.05) is 11.1 Å². The number of hydrogen-bond donors (Lipinski definition) is 2. The molecule has 1 aliphatic carbocycles. The van der Waals surface area contributed by atoms with E-state index in [1.807, 2.05) is 30.3 Å². The number of amides is 1. The minimum atomic E-state index is -0.260. The van der Waals surface area contributed by atoms with Gasteiger partial charge in [-0.05, 0) is 40.2 Å². The fourth-order valence-corrected chi connectivity index (χ4v) is 2.73. The highest BCUT2D eigenvalue weighted by atomic mass is 79.9. The molecule has 1 fully saturated rings. The molecule has 0 spiro atoms. The lowest BCUT2D eigenvalue weighted by Gasteiger charge is -2.23. The molecule has 0 heterocycles. The summed E-state index contributed by atoms with van der Waals surface area (Å²) in [5.74, 6) is 0.752. The quantitative estimate of drug-likeness (QED) is 0.798. The first kappa shape index (κ1) is 15.6. The number of carbonyl (C=O) groups excluding carboxylic acids is 2. The fraction of sp³-hybridized carbons (Fsp3) is 0.176. The number of halogens is 1. The van der Waals surface area contributed by atoms with E-state index in [0.29, 0.717) is 40.2 Å². The molecule has 1 saturated carbocycles. The monoisotopic (exact) mass is 374 g/mol. The van der Waals surface area contributed by atoms with E-state index in [-0.39, 0.29) is 17.6 Å². The van der Waals surface area contributed by atoms with Crippen molar-refractivity contribution in [3.8, 4) is 11.5 Å². The van der Waals surface area contributed by atoms with Crippen LogP contribution in [-0.4, -0.2) is 11.7 Å². The molecule has 1 amide bonds. The van der Waals surface area contributed by atoms with Gasteiger partial charge in [-0.2, -0.15) is 0 Å². The standard InChI is InChI=1S/C17H15BrN2O3/c18-13-6-7-14(20-17(22)10-8-11(21)9-10)15(19)16(13)23-12-4-2-1-3-5-12/h1-7,10H,8-9,19H2,(H,20,22). The highest BCUT2D eigenvalue weighted by Crippen LogP contribution is 2.40. The van der Waals surface area contributed by atoms with Crippen LogP contribution in [0.3, 0.4) is 0 Å². The fourth-order valence-electron chi connectivity index (χ4n) is 2.30. The van der Waals surface area contributed by atoms with Crippen molar-refractivity contribution in [3.63, 3.8) is 0 Å². The number of para-hydroxylation sites is 1. The summed E-state index contributed by atoms with van der Waals surface area (Å²) in [5, 5.41) is 2.77. The highest BCUT2D eigenvalue weighted by Gasteiger charge is 2.33. The van der Waals surface area contributed by atoms with Crippen LogP contribution in [0.2, 0.25) is 0 Å². The first-order valence-corrected chi connectivity index (χ1v) is 7.97. The van der Waals surface area contributed by atoms with Gasteiger partial charge in [-0.15, -0.1) is 0 Å². The minimum Gasteiger partial charge on any atom is -0.454 e. The van der Waals surface area contributed by atoms with Crippen molar-refractivity contribution in [1.82, 2.24) is 0 Å². The van der Waals surface area contributed by atoms with Crippen LogP contribution in [-0.2, 0) is 9.59 Å². The molecule has 5 nitrogen and oxygen atoms in total. The lowest BCUT2D eigenvalue weighted by Crippen LogP contribution is -2.34. The molecule has 3 N–H and O–H groups in total. The number of carbonyl (C=O) groups is 2. The molecule has 118 valence electrons. The average Bonchev–Trinajstić information content (AvgIpc) is 2.52. The van der Waals surface area contributed by atoms with Crippen LogP contribution in [0.1, 0.15) is 12.8 Å². The molecular weight excluding hydrogens is 360 g/mol. The van der Waals surface area contributed by atoms with Crippen LogP contribution in [0.5, 0.6) is 11.5 Å². The summed E-state index contributed by atoms with van der Waals surface area (Å²) < 4.78 is 6.49. The summed E-state index contributed by atoms with van der Waals surface area (Å²) in [6.07, 6.45) is 0.602. The zero-order valence-corrected chi connectivity index (χ0v) is 13.8. The van der Waals surface area contributed by atoms with Gasteiger partial charge < -0.3 is 15.8 Å². The molecule has 0 radical (unpaired) electrons. The zero-order valence-electron chi connectivity index (χ0n) is 12.2. The van der Waals surface area contributed by atoms with E-state index in [1.165, 1.54) is 0 Å². The van der Waals surface area contributed by atoms with E-state index < -0.39 is 0 Å². The normalized spacial score (nSPS) is 14.2. The summed E-state index contributed by atoms with van der Waals surface area (Å²) >= 11 is 3.40. The van der Waals surface area contributed by atoms with Crippen molar-refractivity contribution in [2.45, 2.75) is 12.8 Å². The van der Waals surface area contributed by atoms with Crippen molar-refractivity contribution in [3.05, 3.63) is 46.9 Å². The van der Waals surface area contributed by atoms with Crippen LogP contribution in [0.25, 0.3) is 0 Å². The second-order valence-corrected chi connectivity index (χ2v) is 6.24. The molecule has 0 aliphatic heterocycles. The molecule has 2 aromatic rings. The second kappa shape index (κ2) is 6.42. The predicted molar refractivity (Wildman–Crippen MR) is 91.4 cm³/mol. The third-order valence-corrected chi connectivity index (χ3v) is 4.31. The van der Waals surface area contributed by atoms with E-state index in [0.717, 1.165) is 0 Å². The third-order valence-electron chi connectivity index (χ3n) is 3.69. The van der Waals surface area contributed by atoms with Gasteiger partial charge in [0.1, 0.15) is 11.5 Å². The first-order valence-electron chi connectivity index (χ1n) is 7.18. The first-order chi connectivity index (χ1) is 11.0. The van der Waals surface area contributed by atoms with Gasteiger partial charge in [0.05, 0.1) is 21.8 Å². The Kier molecular flexibility index (Phi) is 4.34. The van der Waals surface area contributed by atoms with Crippen molar-refractivity contribution >= 4 is 39.0 Å². The molecule has 6 heteroatoms. The number of hydrogen-bond acceptors (Lipinski definition) is 4. The Morgan fingerprint density at radius 2 is 1.87 bits per heavy atom. The summed E-state index contributed by atoms with van der Waals surface area (Å²) in [5.41, 5.74) is 6.94. The van der Waals surface area contributed by atoms with Crippen molar-refractivity contribution < 1.29 is 14.3 Å². The van der Waals surface area contributed by atoms with Crippen LogP contribution >= 0.6 is 15.9 Å². The highest BCUT2D eigenvalue weighted by molar-refractivity contribution is 9.10. The lowest BCUT2D eigenvalue weighted by atomic mass is 9.83. The number of nitrogens with two attached hydrogens (primary N) is 1. The molecule has 2 aromatic carbocycles. The van der Waals surface area contributed by atoms with Crippen LogP contribution in [0, 0.1) is 5.92 Å². The molecule has 3 rings (SSSR count). The number of nitrogens with one attached hydrogen (secondary N) is 1. The molecule has 0 aromatic heterocycles. The molecule has 0 bridgehead atoms. The Bertz CT molecular complexity index is 754. The maximum Gasteiger partial charge on any atom is 0.228 e. The van der Waals surface area contributed by atoms with Crippen LogP contribution < -0.4 is 15.8 Å². The number of rotatable bonds is 4. The number of anilines is 2. The molecule has 0 unspecified atom stereocenters. The van der Waals surface area contributed by atoms with Gasteiger partial charge in [0.2, 0.25) is 5.91 Å². The van der Waals surface area contributed by atoms with Gasteiger partial charge in [0.15, 0.2) is 5.75 Å². The SMILES string of the molecule is Nc1c(NC(=O)C2CC(=O)C2)ccc(Br)c1Oc1ccccc1. The van der Waals surface area contributed by atoms with E-state index in [1.54, 1.807) is 12.1 Å². The van der Waals surface area contributed by atoms with Crippen LogP contribution in [0.15, 0.2) is 46.9 Å². The largest absolute Gasteiger partial charge is 0.454 e. The topological polar surface area (TPSA) is 81.4 Å². The van der Waals surface area contributed by atoms with Gasteiger partial charge in [0, 0.05) is 12.8 Å². The number of Topliss-reactive ketones (excluding diaryl/α,β-unsaturated/α-hetero) is 1. The number of benzene rings is 2. The Balaban J connectivity index is 1.81. The van der Waals surface area contributed by atoms with Crippen molar-refractivity contribution in [1.29, 1.82) is 0 Å². The molecule has 23 heavy (non-hydrogen) atoms. The Labute approximate surface area is 142 Å². The maximum atomic E-state index is 12.1. The summed E-state index contributed by atoms with van der Waals surface area (Å²) in [6.45, 7) is 0. The minimum absolute atomic E-state index is 0.113. The molecule has 0 atom stereocenters. The van der Waals surface area contributed by atoms with Gasteiger partial charge in [-0.3, -0.25) is 9.59 Å². The summed E-state index contributed by atoms with van der Waals surface area (Å²) in [6, 6.07) is 12.7. The van der Waals surface area contributed by atoms with Gasteiger partial charge in [0.25, 0.3) is 0 Å². The third kappa shape index (κ3) is 3.37. The van der Waals surface area contributed by atoms with Gasteiger partial charge >= 0.3 is 0 Å². The average molecular weight is 375 g/mol. The van der Waals surface area contributed by atoms with E-state index in [2.05, 4.69) is 21.2 Å². The molecular formula is C17H15BrN2O3. The number of ether oxygens (including phenoxy) is 1.